The summed E-state index contributed by atoms with van der Waals surface area (Å²) >= 11 is 1.49. The minimum absolute atomic E-state index is 0.131. The highest BCUT2D eigenvalue weighted by molar-refractivity contribution is 7.10. The van der Waals surface area contributed by atoms with Crippen LogP contribution in [0.5, 0.6) is 0 Å². The zero-order chi connectivity index (χ0) is 18.9. The van der Waals surface area contributed by atoms with Crippen molar-refractivity contribution in [3.63, 3.8) is 0 Å². The molecule has 0 radical (unpaired) electrons. The van der Waals surface area contributed by atoms with Crippen molar-refractivity contribution < 1.29 is 14.4 Å². The molecule has 3 N–H and O–H groups in total. The van der Waals surface area contributed by atoms with Crippen LogP contribution >= 0.6 is 11.3 Å². The average Bonchev–Trinajstić information content (AvgIpc) is 3.14. The zero-order valence-electron chi connectivity index (χ0n) is 14.9. The Kier molecular flexibility index (Phi) is 7.35. The molecule has 0 aliphatic heterocycles. The number of carbonyl (C=O) groups is 3. The molecule has 0 saturated carbocycles. The van der Waals surface area contributed by atoms with Crippen molar-refractivity contribution >= 4 is 34.7 Å². The lowest BCUT2D eigenvalue weighted by Gasteiger charge is -2.16. The Morgan fingerprint density at radius 1 is 1.12 bits per heavy atom. The number of hydrogen-bond acceptors (Lipinski definition) is 4. The van der Waals surface area contributed by atoms with Gasteiger partial charge in [0.2, 0.25) is 11.8 Å². The highest BCUT2D eigenvalue weighted by Gasteiger charge is 2.18. The van der Waals surface area contributed by atoms with Crippen LogP contribution in [-0.2, 0) is 9.59 Å². The molecule has 7 heteroatoms. The molecule has 1 aromatic carbocycles. The largest absolute Gasteiger partial charge is 0.352 e. The van der Waals surface area contributed by atoms with Crippen LogP contribution in [-0.4, -0.2) is 24.3 Å². The van der Waals surface area contributed by atoms with Crippen molar-refractivity contribution in [3.8, 4) is 0 Å². The van der Waals surface area contributed by atoms with Gasteiger partial charge in [0.1, 0.15) is 0 Å². The van der Waals surface area contributed by atoms with Crippen molar-refractivity contribution in [1.29, 1.82) is 0 Å². The third kappa shape index (κ3) is 6.00. The van der Waals surface area contributed by atoms with Gasteiger partial charge in [-0.1, -0.05) is 13.0 Å². The lowest BCUT2D eigenvalue weighted by atomic mass is 10.1. The van der Waals surface area contributed by atoms with Crippen molar-refractivity contribution in [3.05, 3.63) is 52.2 Å². The van der Waals surface area contributed by atoms with E-state index in [9.17, 15) is 14.4 Å². The van der Waals surface area contributed by atoms with E-state index in [1.54, 1.807) is 24.3 Å². The van der Waals surface area contributed by atoms with Gasteiger partial charge in [-0.2, -0.15) is 0 Å². The predicted octanol–water partition coefficient (Wildman–Crippen LogP) is 3.09. The first-order chi connectivity index (χ1) is 12.5. The summed E-state index contributed by atoms with van der Waals surface area (Å²) in [6.45, 7) is 4.05. The molecule has 26 heavy (non-hydrogen) atoms. The maximum Gasteiger partial charge on any atom is 0.251 e. The first-order valence-corrected chi connectivity index (χ1v) is 9.36. The molecule has 0 bridgehead atoms. The maximum absolute atomic E-state index is 12.3. The van der Waals surface area contributed by atoms with Gasteiger partial charge in [0.15, 0.2) is 0 Å². The number of benzene rings is 1. The van der Waals surface area contributed by atoms with E-state index in [-0.39, 0.29) is 30.2 Å². The quantitative estimate of drug-likeness (QED) is 0.664. The number of amides is 3. The van der Waals surface area contributed by atoms with Gasteiger partial charge in [0.25, 0.3) is 5.91 Å². The molecule has 0 aliphatic carbocycles. The Bertz CT molecular complexity index is 742. The van der Waals surface area contributed by atoms with Crippen LogP contribution in [0.2, 0.25) is 0 Å². The molecule has 1 atom stereocenters. The van der Waals surface area contributed by atoms with Crippen LogP contribution < -0.4 is 16.0 Å². The Labute approximate surface area is 157 Å². The maximum atomic E-state index is 12.3. The zero-order valence-corrected chi connectivity index (χ0v) is 15.7. The lowest BCUT2D eigenvalue weighted by molar-refractivity contribution is -0.120. The summed E-state index contributed by atoms with van der Waals surface area (Å²) in [4.78, 5) is 36.5. The number of nitrogens with one attached hydrogen (secondary N) is 3. The standard InChI is InChI=1S/C19H23N3O3S/c1-3-10-20-19(25)14-6-8-15(9-7-14)22-18(24)12-16(21-13(2)23)17-5-4-11-26-17/h4-9,11,16H,3,10,12H2,1-2H3,(H,20,25)(H,21,23)(H,22,24). The van der Waals surface area contributed by atoms with E-state index in [1.807, 2.05) is 24.4 Å². The summed E-state index contributed by atoms with van der Waals surface area (Å²) in [5, 5.41) is 10.3. The third-order valence-electron chi connectivity index (χ3n) is 3.62. The Hall–Kier alpha value is -2.67. The smallest absolute Gasteiger partial charge is 0.251 e. The van der Waals surface area contributed by atoms with Gasteiger partial charge < -0.3 is 16.0 Å². The molecule has 1 unspecified atom stereocenters. The number of thiophene rings is 1. The topological polar surface area (TPSA) is 87.3 Å². The van der Waals surface area contributed by atoms with Crippen molar-refractivity contribution in [2.45, 2.75) is 32.7 Å². The van der Waals surface area contributed by atoms with E-state index >= 15 is 0 Å². The Morgan fingerprint density at radius 3 is 2.42 bits per heavy atom. The molecule has 1 heterocycles. The number of anilines is 1. The summed E-state index contributed by atoms with van der Waals surface area (Å²) in [5.74, 6) is -0.521. The van der Waals surface area contributed by atoms with Crippen LogP contribution in [0.1, 0.15) is 48.0 Å². The fourth-order valence-corrected chi connectivity index (χ4v) is 3.18. The number of hydrogen-bond donors (Lipinski definition) is 3. The van der Waals surface area contributed by atoms with Crippen molar-refractivity contribution in [1.82, 2.24) is 10.6 Å². The number of rotatable bonds is 8. The second-order valence-electron chi connectivity index (χ2n) is 5.85. The second-order valence-corrected chi connectivity index (χ2v) is 6.83. The van der Waals surface area contributed by atoms with E-state index in [1.165, 1.54) is 18.3 Å². The van der Waals surface area contributed by atoms with E-state index in [0.29, 0.717) is 17.8 Å². The molecule has 0 saturated heterocycles. The van der Waals surface area contributed by atoms with Crippen LogP contribution in [0.4, 0.5) is 5.69 Å². The van der Waals surface area contributed by atoms with Gasteiger partial charge in [-0.25, -0.2) is 0 Å². The summed E-state index contributed by atoms with van der Waals surface area (Å²) in [6, 6.07) is 10.1. The van der Waals surface area contributed by atoms with E-state index in [2.05, 4.69) is 16.0 Å². The fourth-order valence-electron chi connectivity index (χ4n) is 2.40. The van der Waals surface area contributed by atoms with E-state index in [0.717, 1.165) is 11.3 Å². The fraction of sp³-hybridized carbons (Fsp3) is 0.316. The molecule has 0 aliphatic rings. The Morgan fingerprint density at radius 2 is 1.85 bits per heavy atom. The van der Waals surface area contributed by atoms with Crippen LogP contribution in [0.25, 0.3) is 0 Å². The van der Waals surface area contributed by atoms with Gasteiger partial charge in [0.05, 0.1) is 12.5 Å². The van der Waals surface area contributed by atoms with Crippen molar-refractivity contribution in [2.75, 3.05) is 11.9 Å². The molecule has 1 aromatic heterocycles. The summed E-state index contributed by atoms with van der Waals surface area (Å²) in [7, 11) is 0. The molecule has 0 fully saturated rings. The molecule has 6 nitrogen and oxygen atoms in total. The lowest BCUT2D eigenvalue weighted by Crippen LogP contribution is -2.29. The number of carbonyl (C=O) groups excluding carboxylic acids is 3. The summed E-state index contributed by atoms with van der Waals surface area (Å²) in [6.07, 6.45) is 1.01. The van der Waals surface area contributed by atoms with Crippen molar-refractivity contribution in [2.24, 2.45) is 0 Å². The van der Waals surface area contributed by atoms with Gasteiger partial charge in [-0.3, -0.25) is 14.4 Å². The van der Waals surface area contributed by atoms with Crippen LogP contribution in [0.15, 0.2) is 41.8 Å². The van der Waals surface area contributed by atoms with Gasteiger partial charge in [-0.05, 0) is 42.1 Å². The summed E-state index contributed by atoms with van der Waals surface area (Å²) < 4.78 is 0. The van der Waals surface area contributed by atoms with Gasteiger partial charge in [-0.15, -0.1) is 11.3 Å². The molecule has 138 valence electrons. The highest BCUT2D eigenvalue weighted by Crippen LogP contribution is 2.22. The SMILES string of the molecule is CCCNC(=O)c1ccc(NC(=O)CC(NC(C)=O)c2cccs2)cc1. The molecule has 2 rings (SSSR count). The average molecular weight is 373 g/mol. The first kappa shape index (κ1) is 19.7. The molecular formula is C19H23N3O3S. The third-order valence-corrected chi connectivity index (χ3v) is 4.61. The first-order valence-electron chi connectivity index (χ1n) is 8.48. The predicted molar refractivity (Wildman–Crippen MR) is 103 cm³/mol. The highest BCUT2D eigenvalue weighted by atomic mass is 32.1. The van der Waals surface area contributed by atoms with E-state index in [4.69, 9.17) is 0 Å². The van der Waals surface area contributed by atoms with Gasteiger partial charge >= 0.3 is 0 Å². The normalized spacial score (nSPS) is 11.5. The monoisotopic (exact) mass is 373 g/mol. The molecular weight excluding hydrogens is 350 g/mol. The molecule has 2 aromatic rings. The Balaban J connectivity index is 1.95. The minimum Gasteiger partial charge on any atom is -0.352 e. The van der Waals surface area contributed by atoms with Crippen LogP contribution in [0, 0.1) is 0 Å². The van der Waals surface area contributed by atoms with Gasteiger partial charge in [0, 0.05) is 29.6 Å². The van der Waals surface area contributed by atoms with E-state index < -0.39 is 0 Å². The molecule has 3 amide bonds. The summed E-state index contributed by atoms with van der Waals surface area (Å²) in [5.41, 5.74) is 1.15. The molecule has 0 spiro atoms. The van der Waals surface area contributed by atoms with Crippen LogP contribution in [0.3, 0.4) is 0 Å². The second kappa shape index (κ2) is 9.72. The minimum atomic E-state index is -0.355.